The number of nitrogens with one attached hydrogen (secondary N) is 1. The van der Waals surface area contributed by atoms with Crippen molar-refractivity contribution in [2.24, 2.45) is 0 Å². The maximum absolute atomic E-state index is 12.5. The van der Waals surface area contributed by atoms with E-state index in [9.17, 15) is 26.7 Å². The Bertz CT molecular complexity index is 430. The van der Waals surface area contributed by atoms with Crippen molar-refractivity contribution in [2.45, 2.75) is 19.0 Å². The summed E-state index contributed by atoms with van der Waals surface area (Å²) in [7, 11) is 0. The van der Waals surface area contributed by atoms with Gasteiger partial charge in [0.15, 0.2) is 0 Å². The van der Waals surface area contributed by atoms with Crippen molar-refractivity contribution in [3.8, 4) is 0 Å². The van der Waals surface area contributed by atoms with E-state index in [4.69, 9.17) is 0 Å². The van der Waals surface area contributed by atoms with Gasteiger partial charge < -0.3 is 5.32 Å². The molecular weight excluding hydrogens is 247 g/mol. The molecule has 0 aliphatic carbocycles. The molecule has 0 spiro atoms. The van der Waals surface area contributed by atoms with Gasteiger partial charge in [0.25, 0.3) is 0 Å². The molecule has 17 heavy (non-hydrogen) atoms. The minimum absolute atomic E-state index is 0.362. The Hall–Kier alpha value is -1.73. The van der Waals surface area contributed by atoms with Crippen LogP contribution < -0.4 is 5.32 Å². The van der Waals surface area contributed by atoms with Gasteiger partial charge in [0, 0.05) is 6.20 Å². The Morgan fingerprint density at radius 1 is 1.29 bits per heavy atom. The van der Waals surface area contributed by atoms with Crippen molar-refractivity contribution in [2.75, 3.05) is 5.32 Å². The molecule has 0 saturated heterocycles. The summed E-state index contributed by atoms with van der Waals surface area (Å²) in [6, 6.07) is 2.67. The SMILES string of the molecule is Cc1ccnc(NC(=O)C(F)(F)C(F)(F)F)c1. The average molecular weight is 254 g/mol. The lowest BCUT2D eigenvalue weighted by molar-refractivity contribution is -0.267. The van der Waals surface area contributed by atoms with Crippen LogP contribution in [0.25, 0.3) is 0 Å². The normalized spacial score (nSPS) is 12.4. The fraction of sp³-hybridized carbons (Fsp3) is 0.333. The third-order valence-electron chi connectivity index (χ3n) is 1.80. The Labute approximate surface area is 92.6 Å². The van der Waals surface area contributed by atoms with Crippen LogP contribution in [0.15, 0.2) is 18.3 Å². The molecule has 0 aliphatic heterocycles. The van der Waals surface area contributed by atoms with E-state index in [-0.39, 0.29) is 5.82 Å². The first-order valence-corrected chi connectivity index (χ1v) is 4.33. The van der Waals surface area contributed by atoms with Crippen LogP contribution in [0.5, 0.6) is 0 Å². The Balaban J connectivity index is 2.87. The quantitative estimate of drug-likeness (QED) is 0.824. The van der Waals surface area contributed by atoms with Crippen molar-refractivity contribution < 1.29 is 26.7 Å². The molecule has 8 heteroatoms. The molecule has 0 radical (unpaired) electrons. The highest BCUT2D eigenvalue weighted by atomic mass is 19.4. The lowest BCUT2D eigenvalue weighted by Crippen LogP contribution is -2.47. The molecule has 94 valence electrons. The molecule has 3 nitrogen and oxygen atoms in total. The first-order chi connectivity index (χ1) is 7.64. The molecule has 0 aromatic carbocycles. The van der Waals surface area contributed by atoms with E-state index < -0.39 is 18.0 Å². The maximum atomic E-state index is 12.5. The zero-order chi connectivity index (χ0) is 13.3. The molecule has 0 aliphatic rings. The van der Waals surface area contributed by atoms with Gasteiger partial charge in [-0.3, -0.25) is 4.79 Å². The van der Waals surface area contributed by atoms with Gasteiger partial charge in [-0.1, -0.05) is 0 Å². The van der Waals surface area contributed by atoms with E-state index in [1.54, 1.807) is 6.92 Å². The largest absolute Gasteiger partial charge is 0.463 e. The second-order valence-electron chi connectivity index (χ2n) is 3.24. The predicted octanol–water partition coefficient (Wildman–Crippen LogP) is 2.53. The minimum Gasteiger partial charge on any atom is -0.305 e. The number of halogens is 5. The monoisotopic (exact) mass is 254 g/mol. The molecule has 0 fully saturated rings. The second kappa shape index (κ2) is 4.27. The van der Waals surface area contributed by atoms with E-state index >= 15 is 0 Å². The van der Waals surface area contributed by atoms with Crippen LogP contribution >= 0.6 is 0 Å². The number of aryl methyl sites for hydroxylation is 1. The van der Waals surface area contributed by atoms with Crippen LogP contribution in [-0.2, 0) is 4.79 Å². The molecule has 0 bridgehead atoms. The van der Waals surface area contributed by atoms with Gasteiger partial charge >= 0.3 is 18.0 Å². The predicted molar refractivity (Wildman–Crippen MR) is 48.6 cm³/mol. The molecular formula is C9H7F5N2O. The minimum atomic E-state index is -5.93. The van der Waals surface area contributed by atoms with Crippen molar-refractivity contribution in [3.63, 3.8) is 0 Å². The third kappa shape index (κ3) is 2.89. The van der Waals surface area contributed by atoms with Crippen LogP contribution in [0.3, 0.4) is 0 Å². The van der Waals surface area contributed by atoms with Crippen LogP contribution in [0, 0.1) is 6.92 Å². The number of hydrogen-bond donors (Lipinski definition) is 1. The lowest BCUT2D eigenvalue weighted by atomic mass is 10.2. The lowest BCUT2D eigenvalue weighted by Gasteiger charge is -2.18. The van der Waals surface area contributed by atoms with Gasteiger partial charge in [-0.05, 0) is 24.6 Å². The number of pyridine rings is 1. The highest BCUT2D eigenvalue weighted by Gasteiger charge is 2.63. The zero-order valence-electron chi connectivity index (χ0n) is 8.48. The van der Waals surface area contributed by atoms with Gasteiger partial charge in [0.05, 0.1) is 0 Å². The zero-order valence-corrected chi connectivity index (χ0v) is 8.48. The summed E-state index contributed by atoms with van der Waals surface area (Å²) in [6.07, 6.45) is -4.75. The number of hydrogen-bond acceptors (Lipinski definition) is 2. The number of anilines is 1. The fourth-order valence-electron chi connectivity index (χ4n) is 0.928. The summed E-state index contributed by atoms with van der Waals surface area (Å²) in [5, 5.41) is 1.41. The number of alkyl halides is 5. The maximum Gasteiger partial charge on any atom is 0.463 e. The number of amides is 1. The third-order valence-corrected chi connectivity index (χ3v) is 1.80. The van der Waals surface area contributed by atoms with Crippen LogP contribution in [-0.4, -0.2) is 23.0 Å². The summed E-state index contributed by atoms with van der Waals surface area (Å²) in [5.41, 5.74) is 0.561. The molecule has 1 amide bonds. The highest BCUT2D eigenvalue weighted by Crippen LogP contribution is 2.36. The van der Waals surface area contributed by atoms with Crippen molar-refractivity contribution >= 4 is 11.7 Å². The standard InChI is InChI=1S/C9H7F5N2O/c1-5-2-3-15-6(4-5)16-7(17)8(10,11)9(12,13)14/h2-4H,1H3,(H,15,16,17). The number of carbonyl (C=O) groups excluding carboxylic acids is 1. The van der Waals surface area contributed by atoms with E-state index in [1.165, 1.54) is 23.6 Å². The number of rotatable bonds is 2. The Kier molecular flexibility index (Phi) is 3.35. The molecule has 1 rings (SSSR count). The molecule has 1 aromatic rings. The summed E-state index contributed by atoms with van der Waals surface area (Å²) < 4.78 is 60.6. The summed E-state index contributed by atoms with van der Waals surface area (Å²) in [5.74, 6) is -8.26. The molecule has 1 heterocycles. The van der Waals surface area contributed by atoms with Crippen LogP contribution in [0.2, 0.25) is 0 Å². The number of nitrogens with zero attached hydrogens (tertiary/aromatic N) is 1. The van der Waals surface area contributed by atoms with Gasteiger partial charge in [0.1, 0.15) is 5.82 Å². The molecule has 1 N–H and O–H groups in total. The van der Waals surface area contributed by atoms with E-state index in [0.29, 0.717) is 5.56 Å². The molecule has 0 atom stereocenters. The summed E-state index contributed by atoms with van der Waals surface area (Å²) >= 11 is 0. The topological polar surface area (TPSA) is 42.0 Å². The smallest absolute Gasteiger partial charge is 0.305 e. The number of carbonyl (C=O) groups is 1. The van der Waals surface area contributed by atoms with Gasteiger partial charge in [0.2, 0.25) is 0 Å². The van der Waals surface area contributed by atoms with Gasteiger partial charge in [-0.2, -0.15) is 22.0 Å². The van der Waals surface area contributed by atoms with E-state index in [1.807, 2.05) is 0 Å². The first kappa shape index (κ1) is 13.3. The summed E-state index contributed by atoms with van der Waals surface area (Å²) in [4.78, 5) is 14.2. The van der Waals surface area contributed by atoms with Gasteiger partial charge in [-0.25, -0.2) is 4.98 Å². The van der Waals surface area contributed by atoms with Crippen LogP contribution in [0.4, 0.5) is 27.8 Å². The Morgan fingerprint density at radius 2 is 1.88 bits per heavy atom. The molecule has 1 aromatic heterocycles. The summed E-state index contributed by atoms with van der Waals surface area (Å²) in [6.45, 7) is 1.57. The van der Waals surface area contributed by atoms with Crippen LogP contribution in [0.1, 0.15) is 5.56 Å². The highest BCUT2D eigenvalue weighted by molar-refractivity contribution is 5.96. The first-order valence-electron chi connectivity index (χ1n) is 4.33. The fourth-order valence-corrected chi connectivity index (χ4v) is 0.928. The number of aromatic nitrogens is 1. The van der Waals surface area contributed by atoms with E-state index in [0.717, 1.165) is 0 Å². The van der Waals surface area contributed by atoms with Gasteiger partial charge in [-0.15, -0.1) is 0 Å². The van der Waals surface area contributed by atoms with Crippen molar-refractivity contribution in [3.05, 3.63) is 23.9 Å². The van der Waals surface area contributed by atoms with E-state index in [2.05, 4.69) is 4.98 Å². The average Bonchev–Trinajstić information content (AvgIpc) is 2.15. The second-order valence-corrected chi connectivity index (χ2v) is 3.24. The Morgan fingerprint density at radius 3 is 2.35 bits per heavy atom. The van der Waals surface area contributed by atoms with Crippen molar-refractivity contribution in [1.82, 2.24) is 4.98 Å². The molecule has 0 unspecified atom stereocenters. The van der Waals surface area contributed by atoms with Crippen molar-refractivity contribution in [1.29, 1.82) is 0 Å². The molecule has 0 saturated carbocycles.